The fraction of sp³-hybridized carbons (Fsp3) is 0.158. The number of benzene rings is 2. The van der Waals surface area contributed by atoms with E-state index in [1.165, 1.54) is 23.5 Å². The Bertz CT molecular complexity index is 857. The number of aromatic nitrogens is 1. The van der Waals surface area contributed by atoms with E-state index in [9.17, 15) is 9.18 Å². The summed E-state index contributed by atoms with van der Waals surface area (Å²) in [5.74, 6) is -0.329. The molecule has 0 aliphatic rings. The number of nitrogens with zero attached hydrogens (tertiary/aromatic N) is 1. The van der Waals surface area contributed by atoms with Crippen LogP contribution in [-0.2, 0) is 4.79 Å². The molecule has 0 saturated carbocycles. The van der Waals surface area contributed by atoms with Crippen molar-refractivity contribution >= 4 is 33.8 Å². The van der Waals surface area contributed by atoms with E-state index in [1.807, 2.05) is 43.5 Å². The minimum atomic E-state index is -0.262. The second-order valence-electron chi connectivity index (χ2n) is 5.89. The zero-order valence-corrected chi connectivity index (χ0v) is 14.7. The van der Waals surface area contributed by atoms with Gasteiger partial charge in [-0.25, -0.2) is 9.37 Å². The predicted octanol–water partition coefficient (Wildman–Crippen LogP) is 5.29. The molecule has 0 unspecified atom stereocenters. The number of hydrogen-bond donors (Lipinski definition) is 2. The summed E-state index contributed by atoms with van der Waals surface area (Å²) in [6, 6.07) is 13.7. The average Bonchev–Trinajstić information content (AvgIpc) is 3.05. The Morgan fingerprint density at radius 1 is 1.04 bits per heavy atom. The summed E-state index contributed by atoms with van der Waals surface area (Å²) < 4.78 is 13.0. The molecule has 0 fully saturated rings. The van der Waals surface area contributed by atoms with Crippen LogP contribution in [0.3, 0.4) is 0 Å². The second kappa shape index (κ2) is 7.44. The minimum absolute atomic E-state index is 0.00966. The number of halogens is 1. The maximum absolute atomic E-state index is 13.0. The molecule has 4 nitrogen and oxygen atoms in total. The fourth-order valence-electron chi connectivity index (χ4n) is 2.13. The molecule has 0 atom stereocenters. The van der Waals surface area contributed by atoms with E-state index in [0.29, 0.717) is 0 Å². The van der Waals surface area contributed by atoms with Gasteiger partial charge in [0.25, 0.3) is 0 Å². The SMILES string of the molecule is CC(C)C(=O)Nc1ccc(Nc2nc(-c3ccc(F)cc3)cs2)cc1. The van der Waals surface area contributed by atoms with Gasteiger partial charge in [0.15, 0.2) is 5.13 Å². The highest BCUT2D eigenvalue weighted by atomic mass is 32.1. The van der Waals surface area contributed by atoms with Crippen LogP contribution < -0.4 is 10.6 Å². The van der Waals surface area contributed by atoms with E-state index >= 15 is 0 Å². The zero-order valence-electron chi connectivity index (χ0n) is 13.9. The fourth-order valence-corrected chi connectivity index (χ4v) is 2.87. The molecule has 128 valence electrons. The summed E-state index contributed by atoms with van der Waals surface area (Å²) in [4.78, 5) is 16.2. The van der Waals surface area contributed by atoms with E-state index in [1.54, 1.807) is 12.1 Å². The lowest BCUT2D eigenvalue weighted by molar-refractivity contribution is -0.118. The summed E-state index contributed by atoms with van der Waals surface area (Å²) in [6.45, 7) is 3.71. The van der Waals surface area contributed by atoms with Gasteiger partial charge in [-0.15, -0.1) is 11.3 Å². The number of carbonyl (C=O) groups excluding carboxylic acids is 1. The molecule has 0 aliphatic heterocycles. The lowest BCUT2D eigenvalue weighted by Crippen LogP contribution is -2.17. The molecule has 25 heavy (non-hydrogen) atoms. The monoisotopic (exact) mass is 355 g/mol. The Balaban J connectivity index is 1.67. The van der Waals surface area contributed by atoms with E-state index < -0.39 is 0 Å². The first-order valence-electron chi connectivity index (χ1n) is 7.90. The molecule has 3 aromatic rings. The highest BCUT2D eigenvalue weighted by Gasteiger charge is 2.08. The summed E-state index contributed by atoms with van der Waals surface area (Å²) in [6.07, 6.45) is 0. The van der Waals surface area contributed by atoms with E-state index in [0.717, 1.165) is 27.8 Å². The molecule has 2 N–H and O–H groups in total. The lowest BCUT2D eigenvalue weighted by Gasteiger charge is -2.08. The van der Waals surface area contributed by atoms with Gasteiger partial charge in [-0.2, -0.15) is 0 Å². The van der Waals surface area contributed by atoms with Crippen LogP contribution in [0.15, 0.2) is 53.9 Å². The molecule has 1 aromatic heterocycles. The van der Waals surface area contributed by atoms with Gasteiger partial charge >= 0.3 is 0 Å². The summed E-state index contributed by atoms with van der Waals surface area (Å²) >= 11 is 1.48. The Hall–Kier alpha value is -2.73. The second-order valence-corrected chi connectivity index (χ2v) is 6.75. The zero-order chi connectivity index (χ0) is 17.8. The van der Waals surface area contributed by atoms with Crippen molar-refractivity contribution in [3.63, 3.8) is 0 Å². The third-order valence-corrected chi connectivity index (χ3v) is 4.33. The average molecular weight is 355 g/mol. The Kier molecular flexibility index (Phi) is 5.09. The number of thiazole rings is 1. The van der Waals surface area contributed by atoms with E-state index in [-0.39, 0.29) is 17.6 Å². The van der Waals surface area contributed by atoms with Crippen LogP contribution in [0.25, 0.3) is 11.3 Å². The predicted molar refractivity (Wildman–Crippen MR) is 101 cm³/mol. The normalized spacial score (nSPS) is 10.7. The maximum atomic E-state index is 13.0. The van der Waals surface area contributed by atoms with Gasteiger partial charge in [0, 0.05) is 28.2 Å². The van der Waals surface area contributed by atoms with Crippen LogP contribution in [0.5, 0.6) is 0 Å². The number of carbonyl (C=O) groups is 1. The molecular weight excluding hydrogens is 337 g/mol. The van der Waals surface area contributed by atoms with Crippen molar-refractivity contribution in [3.05, 3.63) is 59.7 Å². The first-order chi connectivity index (χ1) is 12.0. The van der Waals surface area contributed by atoms with Gasteiger partial charge in [0.05, 0.1) is 5.69 Å². The number of hydrogen-bond acceptors (Lipinski definition) is 4. The van der Waals surface area contributed by atoms with Crippen molar-refractivity contribution < 1.29 is 9.18 Å². The highest BCUT2D eigenvalue weighted by molar-refractivity contribution is 7.14. The Morgan fingerprint density at radius 3 is 2.32 bits per heavy atom. The molecule has 6 heteroatoms. The number of nitrogens with one attached hydrogen (secondary N) is 2. The van der Waals surface area contributed by atoms with Crippen LogP contribution >= 0.6 is 11.3 Å². The lowest BCUT2D eigenvalue weighted by atomic mass is 10.2. The molecule has 2 aromatic carbocycles. The van der Waals surface area contributed by atoms with Crippen molar-refractivity contribution in [3.8, 4) is 11.3 Å². The van der Waals surface area contributed by atoms with Gasteiger partial charge in [-0.3, -0.25) is 4.79 Å². The maximum Gasteiger partial charge on any atom is 0.226 e. The van der Waals surface area contributed by atoms with Crippen LogP contribution in [0.4, 0.5) is 20.9 Å². The van der Waals surface area contributed by atoms with Crippen molar-refractivity contribution in [1.82, 2.24) is 4.98 Å². The van der Waals surface area contributed by atoms with Crippen LogP contribution in [0.2, 0.25) is 0 Å². The Labute approximate surface area is 149 Å². The Morgan fingerprint density at radius 2 is 1.68 bits per heavy atom. The van der Waals surface area contributed by atoms with Crippen LogP contribution in [0, 0.1) is 11.7 Å². The molecule has 0 radical (unpaired) electrons. The first kappa shape index (κ1) is 17.1. The summed E-state index contributed by atoms with van der Waals surface area (Å²) in [5, 5.41) is 8.75. The van der Waals surface area contributed by atoms with Crippen molar-refractivity contribution in [2.24, 2.45) is 5.92 Å². The largest absolute Gasteiger partial charge is 0.332 e. The molecule has 0 spiro atoms. The van der Waals surface area contributed by atoms with Gasteiger partial charge in [-0.1, -0.05) is 13.8 Å². The minimum Gasteiger partial charge on any atom is -0.332 e. The number of amides is 1. The smallest absolute Gasteiger partial charge is 0.226 e. The number of rotatable bonds is 5. The first-order valence-corrected chi connectivity index (χ1v) is 8.78. The van der Waals surface area contributed by atoms with E-state index in [4.69, 9.17) is 0 Å². The highest BCUT2D eigenvalue weighted by Crippen LogP contribution is 2.27. The van der Waals surface area contributed by atoms with Crippen LogP contribution in [-0.4, -0.2) is 10.9 Å². The molecular formula is C19H18FN3OS. The van der Waals surface area contributed by atoms with Gasteiger partial charge < -0.3 is 10.6 Å². The molecule has 3 rings (SSSR count). The van der Waals surface area contributed by atoms with Crippen molar-refractivity contribution in [2.75, 3.05) is 10.6 Å². The van der Waals surface area contributed by atoms with Gasteiger partial charge in [0.1, 0.15) is 5.82 Å². The van der Waals surface area contributed by atoms with E-state index in [2.05, 4.69) is 15.6 Å². The van der Waals surface area contributed by atoms with Crippen LogP contribution in [0.1, 0.15) is 13.8 Å². The topological polar surface area (TPSA) is 54.0 Å². The quantitative estimate of drug-likeness (QED) is 0.654. The molecule has 1 heterocycles. The molecule has 0 bridgehead atoms. The molecule has 1 amide bonds. The third kappa shape index (κ3) is 4.42. The summed E-state index contributed by atoms with van der Waals surface area (Å²) in [7, 11) is 0. The van der Waals surface area contributed by atoms with Gasteiger partial charge in [0.2, 0.25) is 5.91 Å². The number of anilines is 3. The van der Waals surface area contributed by atoms with Gasteiger partial charge in [-0.05, 0) is 48.5 Å². The summed E-state index contributed by atoms with van der Waals surface area (Å²) in [5.41, 5.74) is 3.31. The standard InChI is InChI=1S/C19H18FN3OS/c1-12(2)18(24)21-15-7-9-16(10-8-15)22-19-23-17(11-25-19)13-3-5-14(20)6-4-13/h3-12H,1-2H3,(H,21,24)(H,22,23). The molecule has 0 aliphatic carbocycles. The van der Waals surface area contributed by atoms with Crippen molar-refractivity contribution in [2.45, 2.75) is 13.8 Å². The molecule has 0 saturated heterocycles. The van der Waals surface area contributed by atoms with Crippen molar-refractivity contribution in [1.29, 1.82) is 0 Å². The third-order valence-electron chi connectivity index (χ3n) is 3.57.